The Hall–Kier alpha value is -2.13. The van der Waals surface area contributed by atoms with Gasteiger partial charge >= 0.3 is 0 Å². The fourth-order valence-corrected chi connectivity index (χ4v) is 2.69. The molecule has 2 heterocycles. The van der Waals surface area contributed by atoms with Crippen molar-refractivity contribution in [3.05, 3.63) is 65.5 Å². The van der Waals surface area contributed by atoms with Crippen molar-refractivity contribution >= 4 is 11.0 Å². The summed E-state index contributed by atoms with van der Waals surface area (Å²) < 4.78 is 2.25. The molecule has 0 saturated heterocycles. The van der Waals surface area contributed by atoms with E-state index in [1.165, 1.54) is 22.1 Å². The van der Waals surface area contributed by atoms with Crippen molar-refractivity contribution in [3.63, 3.8) is 0 Å². The van der Waals surface area contributed by atoms with Crippen LogP contribution in [0.15, 0.2) is 48.8 Å². The van der Waals surface area contributed by atoms with E-state index in [0.29, 0.717) is 0 Å². The molecule has 0 bridgehead atoms. The predicted molar refractivity (Wildman–Crippen MR) is 87.4 cm³/mol. The highest BCUT2D eigenvalue weighted by atomic mass is 15.0. The predicted octanol–water partition coefficient (Wildman–Crippen LogP) is 3.50. The molecule has 1 aromatic carbocycles. The molecule has 0 aliphatic heterocycles. The Bertz CT molecular complexity index is 743. The van der Waals surface area contributed by atoms with Crippen LogP contribution in [0.3, 0.4) is 0 Å². The summed E-state index contributed by atoms with van der Waals surface area (Å²) in [5.41, 5.74) is 5.04. The van der Waals surface area contributed by atoms with Crippen LogP contribution >= 0.6 is 0 Å². The zero-order valence-electron chi connectivity index (χ0n) is 12.6. The molecule has 3 nitrogen and oxygen atoms in total. The van der Waals surface area contributed by atoms with Crippen LogP contribution in [0.1, 0.15) is 23.6 Å². The van der Waals surface area contributed by atoms with Gasteiger partial charge in [-0.05, 0) is 42.3 Å². The molecule has 0 fully saturated rings. The molecule has 0 amide bonds. The summed E-state index contributed by atoms with van der Waals surface area (Å²) in [4.78, 5) is 4.57. The smallest absolute Gasteiger partial charge is 0.140 e. The fourth-order valence-electron chi connectivity index (χ4n) is 2.69. The summed E-state index contributed by atoms with van der Waals surface area (Å²) in [5, 5.41) is 4.65. The highest BCUT2D eigenvalue weighted by Gasteiger charge is 2.09. The van der Waals surface area contributed by atoms with Crippen LogP contribution < -0.4 is 5.32 Å². The lowest BCUT2D eigenvalue weighted by Gasteiger charge is -2.07. The summed E-state index contributed by atoms with van der Waals surface area (Å²) in [6.07, 6.45) is 4.10. The number of fused-ring (bicyclic) bond motifs is 1. The number of hydrogen-bond acceptors (Lipinski definition) is 2. The number of nitrogens with one attached hydrogen (secondary N) is 1. The summed E-state index contributed by atoms with van der Waals surface area (Å²) >= 11 is 0. The molecule has 0 radical (unpaired) electrons. The van der Waals surface area contributed by atoms with Gasteiger partial charge in [0.1, 0.15) is 5.65 Å². The second kappa shape index (κ2) is 6.10. The standard InChI is InChI=1S/C18H21N3/c1-3-19-11-16-13-21(18-17(16)9-6-10-20-18)12-15-8-5-4-7-14(15)2/h4-10,13,19H,3,11-12H2,1-2H3. The van der Waals surface area contributed by atoms with Crippen LogP contribution in [0.4, 0.5) is 0 Å². The van der Waals surface area contributed by atoms with Crippen molar-refractivity contribution < 1.29 is 0 Å². The number of nitrogens with zero attached hydrogens (tertiary/aromatic N) is 2. The lowest BCUT2D eigenvalue weighted by Crippen LogP contribution is -2.11. The van der Waals surface area contributed by atoms with Gasteiger partial charge in [0.2, 0.25) is 0 Å². The number of rotatable bonds is 5. The minimum Gasteiger partial charge on any atom is -0.328 e. The van der Waals surface area contributed by atoms with Crippen LogP contribution in [0.25, 0.3) is 11.0 Å². The van der Waals surface area contributed by atoms with Crippen LogP contribution in [0.5, 0.6) is 0 Å². The van der Waals surface area contributed by atoms with Gasteiger partial charge in [0.15, 0.2) is 0 Å². The number of benzene rings is 1. The summed E-state index contributed by atoms with van der Waals surface area (Å²) in [5.74, 6) is 0. The molecule has 21 heavy (non-hydrogen) atoms. The molecule has 3 aromatic rings. The van der Waals surface area contributed by atoms with E-state index in [2.05, 4.69) is 65.2 Å². The van der Waals surface area contributed by atoms with Crippen molar-refractivity contribution in [1.29, 1.82) is 0 Å². The number of aromatic nitrogens is 2. The molecule has 2 aromatic heterocycles. The quantitative estimate of drug-likeness (QED) is 0.774. The van der Waals surface area contributed by atoms with E-state index < -0.39 is 0 Å². The Labute approximate surface area is 125 Å². The highest BCUT2D eigenvalue weighted by Crippen LogP contribution is 2.21. The Balaban J connectivity index is 2.00. The van der Waals surface area contributed by atoms with Gasteiger partial charge in [-0.15, -0.1) is 0 Å². The molecular weight excluding hydrogens is 258 g/mol. The van der Waals surface area contributed by atoms with Gasteiger partial charge in [0.25, 0.3) is 0 Å². The summed E-state index contributed by atoms with van der Waals surface area (Å²) in [7, 11) is 0. The van der Waals surface area contributed by atoms with Gasteiger partial charge in [0.05, 0.1) is 0 Å². The average Bonchev–Trinajstić information content (AvgIpc) is 2.86. The Morgan fingerprint density at radius 3 is 2.76 bits per heavy atom. The first kappa shape index (κ1) is 13.8. The normalized spacial score (nSPS) is 11.1. The highest BCUT2D eigenvalue weighted by molar-refractivity contribution is 5.80. The Morgan fingerprint density at radius 1 is 1.10 bits per heavy atom. The maximum Gasteiger partial charge on any atom is 0.140 e. The number of aryl methyl sites for hydroxylation is 1. The molecule has 3 heteroatoms. The Kier molecular flexibility index (Phi) is 4.02. The molecule has 0 saturated carbocycles. The molecule has 3 rings (SSSR count). The first-order valence-corrected chi connectivity index (χ1v) is 7.47. The summed E-state index contributed by atoms with van der Waals surface area (Å²) in [6.45, 7) is 7.02. The monoisotopic (exact) mass is 279 g/mol. The van der Waals surface area contributed by atoms with Crippen molar-refractivity contribution in [2.45, 2.75) is 26.9 Å². The second-order valence-corrected chi connectivity index (χ2v) is 5.36. The first-order chi connectivity index (χ1) is 10.3. The van der Waals surface area contributed by atoms with Gasteiger partial charge < -0.3 is 9.88 Å². The van der Waals surface area contributed by atoms with Crippen LogP contribution in [-0.4, -0.2) is 16.1 Å². The molecule has 0 spiro atoms. The topological polar surface area (TPSA) is 29.9 Å². The second-order valence-electron chi connectivity index (χ2n) is 5.36. The third-order valence-corrected chi connectivity index (χ3v) is 3.88. The van der Waals surface area contributed by atoms with E-state index in [-0.39, 0.29) is 0 Å². The lowest BCUT2D eigenvalue weighted by atomic mass is 10.1. The minimum atomic E-state index is 0.867. The summed E-state index contributed by atoms with van der Waals surface area (Å²) in [6, 6.07) is 12.7. The van der Waals surface area contributed by atoms with Gasteiger partial charge in [-0.2, -0.15) is 0 Å². The van der Waals surface area contributed by atoms with Gasteiger partial charge in [-0.3, -0.25) is 0 Å². The van der Waals surface area contributed by atoms with E-state index in [9.17, 15) is 0 Å². The number of hydrogen-bond donors (Lipinski definition) is 1. The third-order valence-electron chi connectivity index (χ3n) is 3.88. The maximum atomic E-state index is 4.57. The van der Waals surface area contributed by atoms with E-state index in [1.807, 2.05) is 12.3 Å². The minimum absolute atomic E-state index is 0.867. The van der Waals surface area contributed by atoms with Crippen molar-refractivity contribution in [2.24, 2.45) is 0 Å². The molecule has 1 N–H and O–H groups in total. The van der Waals surface area contributed by atoms with Crippen LogP contribution in [-0.2, 0) is 13.1 Å². The largest absolute Gasteiger partial charge is 0.328 e. The lowest BCUT2D eigenvalue weighted by molar-refractivity contribution is 0.723. The van der Waals surface area contributed by atoms with E-state index >= 15 is 0 Å². The fraction of sp³-hybridized carbons (Fsp3) is 0.278. The van der Waals surface area contributed by atoms with Gasteiger partial charge in [-0.1, -0.05) is 31.2 Å². The third kappa shape index (κ3) is 2.83. The SMILES string of the molecule is CCNCc1cn(Cc2ccccc2C)c2ncccc12. The van der Waals surface area contributed by atoms with Crippen molar-refractivity contribution in [1.82, 2.24) is 14.9 Å². The van der Waals surface area contributed by atoms with Crippen molar-refractivity contribution in [2.75, 3.05) is 6.54 Å². The zero-order chi connectivity index (χ0) is 14.7. The Morgan fingerprint density at radius 2 is 1.95 bits per heavy atom. The van der Waals surface area contributed by atoms with E-state index in [1.54, 1.807) is 0 Å². The molecule has 0 aliphatic carbocycles. The molecule has 0 aliphatic rings. The molecular formula is C18H21N3. The van der Waals surface area contributed by atoms with E-state index in [4.69, 9.17) is 0 Å². The van der Waals surface area contributed by atoms with E-state index in [0.717, 1.165) is 25.3 Å². The van der Waals surface area contributed by atoms with Crippen molar-refractivity contribution in [3.8, 4) is 0 Å². The molecule has 108 valence electrons. The van der Waals surface area contributed by atoms with Crippen LogP contribution in [0, 0.1) is 6.92 Å². The van der Waals surface area contributed by atoms with Gasteiger partial charge in [0, 0.05) is 30.9 Å². The number of pyridine rings is 1. The molecule has 0 atom stereocenters. The van der Waals surface area contributed by atoms with Crippen LogP contribution in [0.2, 0.25) is 0 Å². The molecule has 0 unspecified atom stereocenters. The zero-order valence-corrected chi connectivity index (χ0v) is 12.6. The maximum absolute atomic E-state index is 4.57. The average molecular weight is 279 g/mol. The first-order valence-electron chi connectivity index (χ1n) is 7.47. The van der Waals surface area contributed by atoms with Gasteiger partial charge in [-0.25, -0.2) is 4.98 Å².